The molecule has 4 heteroatoms. The normalized spacial score (nSPS) is 17.5. The molecule has 2 rings (SSSR count). The van der Waals surface area contributed by atoms with Crippen molar-refractivity contribution in [3.05, 3.63) is 10.6 Å². The van der Waals surface area contributed by atoms with Gasteiger partial charge < -0.3 is 10.0 Å². The van der Waals surface area contributed by atoms with Crippen molar-refractivity contribution in [2.75, 3.05) is 11.9 Å². The highest BCUT2D eigenvalue weighted by Crippen LogP contribution is 2.44. The Labute approximate surface area is 107 Å². The van der Waals surface area contributed by atoms with Gasteiger partial charge in [0.1, 0.15) is 0 Å². The van der Waals surface area contributed by atoms with Crippen LogP contribution in [0.5, 0.6) is 0 Å². The van der Waals surface area contributed by atoms with Crippen LogP contribution in [-0.2, 0) is 6.61 Å². The molecular weight excluding hydrogens is 232 g/mol. The number of nitrogens with zero attached hydrogens (tertiary/aromatic N) is 2. The van der Waals surface area contributed by atoms with Crippen LogP contribution in [0.2, 0.25) is 0 Å². The minimum absolute atomic E-state index is 0.132. The summed E-state index contributed by atoms with van der Waals surface area (Å²) in [6, 6.07) is 0.472. The number of anilines is 1. The first-order chi connectivity index (χ1) is 8.04. The number of hydrogen-bond acceptors (Lipinski definition) is 4. The fourth-order valence-electron chi connectivity index (χ4n) is 1.91. The quantitative estimate of drug-likeness (QED) is 0.877. The molecule has 0 aromatic carbocycles. The van der Waals surface area contributed by atoms with E-state index in [1.54, 1.807) is 11.3 Å². The second-order valence-electron chi connectivity index (χ2n) is 5.33. The summed E-state index contributed by atoms with van der Waals surface area (Å²) in [5.41, 5.74) is 1.15. The van der Waals surface area contributed by atoms with E-state index in [0.717, 1.165) is 15.7 Å². The first-order valence-electron chi connectivity index (χ1n) is 6.37. The van der Waals surface area contributed by atoms with Gasteiger partial charge in [0.05, 0.1) is 17.2 Å². The number of thiazole rings is 1. The van der Waals surface area contributed by atoms with Crippen molar-refractivity contribution in [3.8, 4) is 0 Å². The van der Waals surface area contributed by atoms with E-state index in [2.05, 4.69) is 32.7 Å². The Balaban J connectivity index is 2.20. The van der Waals surface area contributed by atoms with Crippen LogP contribution in [0.1, 0.15) is 50.1 Å². The van der Waals surface area contributed by atoms with Crippen molar-refractivity contribution in [1.82, 2.24) is 4.98 Å². The monoisotopic (exact) mass is 254 g/mol. The van der Waals surface area contributed by atoms with E-state index >= 15 is 0 Å². The molecule has 1 atom stereocenters. The first kappa shape index (κ1) is 12.8. The molecule has 96 valence electrons. The predicted molar refractivity (Wildman–Crippen MR) is 72.7 cm³/mol. The smallest absolute Gasteiger partial charge is 0.185 e. The van der Waals surface area contributed by atoms with E-state index in [0.29, 0.717) is 17.9 Å². The van der Waals surface area contributed by atoms with Gasteiger partial charge in [0.25, 0.3) is 0 Å². The molecule has 1 aromatic heterocycles. The van der Waals surface area contributed by atoms with Gasteiger partial charge in [-0.3, -0.25) is 0 Å². The highest BCUT2D eigenvalue weighted by molar-refractivity contribution is 7.15. The summed E-state index contributed by atoms with van der Waals surface area (Å²) < 4.78 is 0. The highest BCUT2D eigenvalue weighted by atomic mass is 32.1. The second kappa shape index (κ2) is 4.94. The molecule has 0 aliphatic heterocycles. The van der Waals surface area contributed by atoms with Crippen LogP contribution >= 0.6 is 11.3 Å². The summed E-state index contributed by atoms with van der Waals surface area (Å²) in [5, 5.41) is 10.4. The lowest BCUT2D eigenvalue weighted by Crippen LogP contribution is -2.33. The summed E-state index contributed by atoms with van der Waals surface area (Å²) in [6.07, 6.45) is 2.47. The summed E-state index contributed by atoms with van der Waals surface area (Å²) in [7, 11) is 2.10. The molecule has 0 spiro atoms. The number of rotatable bonds is 5. The van der Waals surface area contributed by atoms with E-state index in [1.807, 2.05) is 0 Å². The van der Waals surface area contributed by atoms with Gasteiger partial charge in [-0.15, -0.1) is 0 Å². The van der Waals surface area contributed by atoms with Crippen molar-refractivity contribution in [2.45, 2.75) is 52.2 Å². The van der Waals surface area contributed by atoms with Gasteiger partial charge in [0.2, 0.25) is 0 Å². The van der Waals surface area contributed by atoms with Crippen LogP contribution in [0, 0.1) is 5.92 Å². The summed E-state index contributed by atoms with van der Waals surface area (Å²) in [4.78, 5) is 8.03. The molecule has 1 N–H and O–H groups in total. The molecule has 17 heavy (non-hydrogen) atoms. The van der Waals surface area contributed by atoms with Crippen LogP contribution in [-0.4, -0.2) is 23.2 Å². The van der Waals surface area contributed by atoms with E-state index < -0.39 is 0 Å². The molecule has 1 heterocycles. The molecule has 3 nitrogen and oxygen atoms in total. The van der Waals surface area contributed by atoms with Crippen LogP contribution < -0.4 is 4.90 Å². The molecule has 0 bridgehead atoms. The zero-order valence-electron chi connectivity index (χ0n) is 11.1. The van der Waals surface area contributed by atoms with E-state index in [-0.39, 0.29) is 6.61 Å². The molecule has 1 unspecified atom stereocenters. The lowest BCUT2D eigenvalue weighted by atomic mass is 10.1. The van der Waals surface area contributed by atoms with Gasteiger partial charge in [-0.2, -0.15) is 0 Å². The lowest BCUT2D eigenvalue weighted by Gasteiger charge is -2.27. The first-order valence-corrected chi connectivity index (χ1v) is 7.19. The summed E-state index contributed by atoms with van der Waals surface area (Å²) in [6.45, 7) is 6.81. The second-order valence-corrected chi connectivity index (χ2v) is 6.39. The standard InChI is InChI=1S/C13H22N2OS/c1-8(2)9(3)15(4)13-14-12(10-5-6-10)11(7-16)17-13/h8-10,16H,5-7H2,1-4H3. The zero-order chi connectivity index (χ0) is 12.6. The molecule has 1 fully saturated rings. The topological polar surface area (TPSA) is 36.4 Å². The zero-order valence-corrected chi connectivity index (χ0v) is 11.9. The summed E-state index contributed by atoms with van der Waals surface area (Å²) >= 11 is 1.65. The Bertz CT molecular complexity index is 385. The van der Waals surface area contributed by atoms with Crippen LogP contribution in [0.15, 0.2) is 0 Å². The average Bonchev–Trinajstić information content (AvgIpc) is 3.06. The molecule has 0 radical (unpaired) electrons. The number of hydrogen-bond donors (Lipinski definition) is 1. The maximum absolute atomic E-state index is 9.39. The van der Waals surface area contributed by atoms with Crippen LogP contribution in [0.4, 0.5) is 5.13 Å². The Morgan fingerprint density at radius 2 is 2.06 bits per heavy atom. The van der Waals surface area contributed by atoms with Gasteiger partial charge in [0, 0.05) is 19.0 Å². The van der Waals surface area contributed by atoms with Gasteiger partial charge in [0.15, 0.2) is 5.13 Å². The van der Waals surface area contributed by atoms with Crippen molar-refractivity contribution in [3.63, 3.8) is 0 Å². The van der Waals surface area contributed by atoms with Gasteiger partial charge in [-0.05, 0) is 25.7 Å². The van der Waals surface area contributed by atoms with E-state index in [4.69, 9.17) is 4.98 Å². The molecule has 0 saturated heterocycles. The molecule has 1 aromatic rings. The fourth-order valence-corrected chi connectivity index (χ4v) is 2.97. The maximum Gasteiger partial charge on any atom is 0.185 e. The predicted octanol–water partition coefficient (Wildman–Crippen LogP) is 2.99. The molecular formula is C13H22N2OS. The number of aliphatic hydroxyl groups is 1. The minimum Gasteiger partial charge on any atom is -0.391 e. The van der Waals surface area contributed by atoms with Crippen molar-refractivity contribution < 1.29 is 5.11 Å². The van der Waals surface area contributed by atoms with Crippen LogP contribution in [0.3, 0.4) is 0 Å². The lowest BCUT2D eigenvalue weighted by molar-refractivity contribution is 0.284. The minimum atomic E-state index is 0.132. The van der Waals surface area contributed by atoms with Crippen molar-refractivity contribution in [1.29, 1.82) is 0 Å². The van der Waals surface area contributed by atoms with Gasteiger partial charge >= 0.3 is 0 Å². The number of aliphatic hydroxyl groups excluding tert-OH is 1. The van der Waals surface area contributed by atoms with E-state index in [9.17, 15) is 5.11 Å². The molecule has 1 aliphatic carbocycles. The van der Waals surface area contributed by atoms with Gasteiger partial charge in [-0.25, -0.2) is 4.98 Å². The Morgan fingerprint density at radius 1 is 1.41 bits per heavy atom. The largest absolute Gasteiger partial charge is 0.391 e. The SMILES string of the molecule is CC(C)C(C)N(C)c1nc(C2CC2)c(CO)s1. The highest BCUT2D eigenvalue weighted by Gasteiger charge is 2.30. The molecule has 1 saturated carbocycles. The average molecular weight is 254 g/mol. The Kier molecular flexibility index (Phi) is 3.73. The Morgan fingerprint density at radius 3 is 2.53 bits per heavy atom. The molecule has 0 amide bonds. The third kappa shape index (κ3) is 2.63. The Hall–Kier alpha value is -0.610. The van der Waals surface area contributed by atoms with Crippen molar-refractivity contribution in [2.24, 2.45) is 5.92 Å². The van der Waals surface area contributed by atoms with Crippen molar-refractivity contribution >= 4 is 16.5 Å². The maximum atomic E-state index is 9.39. The number of aromatic nitrogens is 1. The van der Waals surface area contributed by atoms with Gasteiger partial charge in [-0.1, -0.05) is 25.2 Å². The van der Waals surface area contributed by atoms with E-state index in [1.165, 1.54) is 12.8 Å². The summed E-state index contributed by atoms with van der Waals surface area (Å²) in [5.74, 6) is 1.22. The third-order valence-electron chi connectivity index (χ3n) is 3.70. The van der Waals surface area contributed by atoms with Crippen LogP contribution in [0.25, 0.3) is 0 Å². The molecule has 1 aliphatic rings. The third-order valence-corrected chi connectivity index (χ3v) is 4.85. The fraction of sp³-hybridized carbons (Fsp3) is 0.769.